The zero-order valence-corrected chi connectivity index (χ0v) is 12.4. The van der Waals surface area contributed by atoms with Gasteiger partial charge < -0.3 is 15.0 Å². The lowest BCUT2D eigenvalue weighted by Gasteiger charge is -2.29. The zero-order valence-electron chi connectivity index (χ0n) is 11.7. The summed E-state index contributed by atoms with van der Waals surface area (Å²) < 4.78 is 5.21. The van der Waals surface area contributed by atoms with Gasteiger partial charge >= 0.3 is 0 Å². The van der Waals surface area contributed by atoms with Crippen LogP contribution in [0.25, 0.3) is 0 Å². The first-order valence-electron chi connectivity index (χ1n) is 6.31. The van der Waals surface area contributed by atoms with Gasteiger partial charge in [0.2, 0.25) is 0 Å². The molecule has 0 spiro atoms. The third-order valence-corrected chi connectivity index (χ3v) is 3.45. The Labute approximate surface area is 115 Å². The van der Waals surface area contributed by atoms with Crippen LogP contribution in [0.5, 0.6) is 0 Å². The quantitative estimate of drug-likeness (QED) is 0.825. The monoisotopic (exact) mass is 270 g/mol. The van der Waals surface area contributed by atoms with Crippen molar-refractivity contribution in [2.45, 2.75) is 26.4 Å². The van der Waals surface area contributed by atoms with Gasteiger partial charge in [0.25, 0.3) is 0 Å². The molecule has 1 rings (SSSR count). The second-order valence-electron chi connectivity index (χ2n) is 4.43. The van der Waals surface area contributed by atoms with Gasteiger partial charge in [-0.3, -0.25) is 0 Å². The minimum Gasteiger partial charge on any atom is -0.383 e. The van der Waals surface area contributed by atoms with Crippen molar-refractivity contribution in [3.8, 4) is 0 Å². The van der Waals surface area contributed by atoms with E-state index in [4.69, 9.17) is 16.3 Å². The highest BCUT2D eigenvalue weighted by molar-refractivity contribution is 6.31. The summed E-state index contributed by atoms with van der Waals surface area (Å²) in [5.41, 5.74) is 2.31. The van der Waals surface area contributed by atoms with Crippen molar-refractivity contribution in [1.82, 2.24) is 5.32 Å². The summed E-state index contributed by atoms with van der Waals surface area (Å²) in [6.07, 6.45) is 0. The summed E-state index contributed by atoms with van der Waals surface area (Å²) >= 11 is 6.29. The predicted octanol–water partition coefficient (Wildman–Crippen LogP) is 2.92. The first kappa shape index (κ1) is 15.3. The van der Waals surface area contributed by atoms with Gasteiger partial charge in [-0.1, -0.05) is 24.6 Å². The van der Waals surface area contributed by atoms with Crippen molar-refractivity contribution in [2.75, 3.05) is 32.2 Å². The van der Waals surface area contributed by atoms with E-state index in [9.17, 15) is 0 Å². The number of rotatable bonds is 7. The van der Waals surface area contributed by atoms with Crippen LogP contribution >= 0.6 is 11.6 Å². The first-order chi connectivity index (χ1) is 8.61. The van der Waals surface area contributed by atoms with Crippen LogP contribution in [0.1, 0.15) is 19.4 Å². The number of nitrogens with zero attached hydrogens (tertiary/aromatic N) is 1. The van der Waals surface area contributed by atoms with Crippen molar-refractivity contribution in [2.24, 2.45) is 0 Å². The standard InChI is InChI=1S/C14H23ClN2O/c1-5-16-9-12-13(15)7-6-8-14(12)17(3)11(2)10-18-4/h6-8,11,16H,5,9-10H2,1-4H3. The predicted molar refractivity (Wildman–Crippen MR) is 78.6 cm³/mol. The number of benzene rings is 1. The molecule has 1 atom stereocenters. The molecule has 0 bridgehead atoms. The Kier molecular flexibility index (Phi) is 6.47. The SMILES string of the molecule is CCNCc1c(Cl)cccc1N(C)C(C)COC. The zero-order chi connectivity index (χ0) is 13.5. The molecule has 1 N–H and O–H groups in total. The van der Waals surface area contributed by atoms with Crippen LogP contribution in [-0.4, -0.2) is 33.4 Å². The normalized spacial score (nSPS) is 12.5. The minimum absolute atomic E-state index is 0.314. The van der Waals surface area contributed by atoms with E-state index in [0.717, 1.165) is 29.4 Å². The Morgan fingerprint density at radius 2 is 2.17 bits per heavy atom. The maximum absolute atomic E-state index is 6.29. The van der Waals surface area contributed by atoms with E-state index in [1.165, 1.54) is 0 Å². The van der Waals surface area contributed by atoms with Gasteiger partial charge in [-0.05, 0) is 25.6 Å². The summed E-state index contributed by atoms with van der Waals surface area (Å²) in [5.74, 6) is 0. The Morgan fingerprint density at radius 1 is 1.44 bits per heavy atom. The fraction of sp³-hybridized carbons (Fsp3) is 0.571. The van der Waals surface area contributed by atoms with Gasteiger partial charge in [0.1, 0.15) is 0 Å². The second-order valence-corrected chi connectivity index (χ2v) is 4.84. The average Bonchev–Trinajstić information content (AvgIpc) is 2.36. The van der Waals surface area contributed by atoms with Crippen LogP contribution in [0.3, 0.4) is 0 Å². The molecule has 0 heterocycles. The molecule has 1 unspecified atom stereocenters. The number of methoxy groups -OCH3 is 1. The molecule has 0 saturated heterocycles. The molecule has 0 aromatic heterocycles. The summed E-state index contributed by atoms with van der Waals surface area (Å²) in [4.78, 5) is 2.21. The lowest BCUT2D eigenvalue weighted by Crippen LogP contribution is -2.33. The molecule has 0 radical (unpaired) electrons. The van der Waals surface area contributed by atoms with E-state index >= 15 is 0 Å². The molecule has 1 aromatic carbocycles. The van der Waals surface area contributed by atoms with E-state index in [2.05, 4.69) is 37.2 Å². The Bertz CT molecular complexity index is 371. The van der Waals surface area contributed by atoms with Crippen LogP contribution in [-0.2, 0) is 11.3 Å². The largest absolute Gasteiger partial charge is 0.383 e. The van der Waals surface area contributed by atoms with Crippen molar-refractivity contribution < 1.29 is 4.74 Å². The van der Waals surface area contributed by atoms with E-state index in [-0.39, 0.29) is 0 Å². The summed E-state index contributed by atoms with van der Waals surface area (Å²) in [5, 5.41) is 4.14. The molecular formula is C14H23ClN2O. The number of likely N-dealkylation sites (N-methyl/N-ethyl adjacent to an activating group) is 1. The minimum atomic E-state index is 0.314. The van der Waals surface area contributed by atoms with Crippen molar-refractivity contribution in [3.05, 3.63) is 28.8 Å². The lowest BCUT2D eigenvalue weighted by atomic mass is 10.1. The number of halogens is 1. The van der Waals surface area contributed by atoms with Crippen LogP contribution in [0.15, 0.2) is 18.2 Å². The Balaban J connectivity index is 2.95. The highest BCUT2D eigenvalue weighted by atomic mass is 35.5. The Morgan fingerprint density at radius 3 is 2.78 bits per heavy atom. The topological polar surface area (TPSA) is 24.5 Å². The van der Waals surface area contributed by atoms with Crippen LogP contribution in [0, 0.1) is 0 Å². The molecule has 0 saturated carbocycles. The van der Waals surface area contributed by atoms with Crippen LogP contribution < -0.4 is 10.2 Å². The second kappa shape index (κ2) is 7.62. The highest BCUT2D eigenvalue weighted by Crippen LogP contribution is 2.28. The van der Waals surface area contributed by atoms with E-state index in [1.807, 2.05) is 12.1 Å². The van der Waals surface area contributed by atoms with Crippen LogP contribution in [0.4, 0.5) is 5.69 Å². The number of anilines is 1. The lowest BCUT2D eigenvalue weighted by molar-refractivity contribution is 0.183. The van der Waals surface area contributed by atoms with Crippen molar-refractivity contribution >= 4 is 17.3 Å². The van der Waals surface area contributed by atoms with Gasteiger partial charge in [-0.2, -0.15) is 0 Å². The van der Waals surface area contributed by atoms with Gasteiger partial charge in [-0.15, -0.1) is 0 Å². The summed E-state index contributed by atoms with van der Waals surface area (Å²) in [6.45, 7) is 6.65. The number of hydrogen-bond donors (Lipinski definition) is 1. The third-order valence-electron chi connectivity index (χ3n) is 3.09. The molecular weight excluding hydrogens is 248 g/mol. The van der Waals surface area contributed by atoms with E-state index in [0.29, 0.717) is 12.6 Å². The fourth-order valence-electron chi connectivity index (χ4n) is 1.89. The van der Waals surface area contributed by atoms with E-state index < -0.39 is 0 Å². The third kappa shape index (κ3) is 3.87. The first-order valence-corrected chi connectivity index (χ1v) is 6.69. The highest BCUT2D eigenvalue weighted by Gasteiger charge is 2.15. The smallest absolute Gasteiger partial charge is 0.0663 e. The molecule has 0 aliphatic heterocycles. The number of hydrogen-bond acceptors (Lipinski definition) is 3. The van der Waals surface area contributed by atoms with Gasteiger partial charge in [0.15, 0.2) is 0 Å². The van der Waals surface area contributed by atoms with Crippen LogP contribution in [0.2, 0.25) is 5.02 Å². The molecule has 0 amide bonds. The molecule has 4 heteroatoms. The summed E-state index contributed by atoms with van der Waals surface area (Å²) in [7, 11) is 3.80. The Hall–Kier alpha value is -0.770. The molecule has 102 valence electrons. The fourth-order valence-corrected chi connectivity index (χ4v) is 2.13. The van der Waals surface area contributed by atoms with E-state index in [1.54, 1.807) is 7.11 Å². The molecule has 1 aromatic rings. The maximum atomic E-state index is 6.29. The molecule has 18 heavy (non-hydrogen) atoms. The average molecular weight is 271 g/mol. The molecule has 3 nitrogen and oxygen atoms in total. The molecule has 0 aliphatic rings. The van der Waals surface area contributed by atoms with Crippen molar-refractivity contribution in [1.29, 1.82) is 0 Å². The van der Waals surface area contributed by atoms with Gasteiger partial charge in [-0.25, -0.2) is 0 Å². The van der Waals surface area contributed by atoms with Gasteiger partial charge in [0, 0.05) is 43.0 Å². The number of ether oxygens (including phenoxy) is 1. The van der Waals surface area contributed by atoms with Gasteiger partial charge in [0.05, 0.1) is 6.61 Å². The summed E-state index contributed by atoms with van der Waals surface area (Å²) in [6, 6.07) is 6.34. The maximum Gasteiger partial charge on any atom is 0.0663 e. The molecule has 0 aliphatic carbocycles. The number of nitrogens with one attached hydrogen (secondary N) is 1. The van der Waals surface area contributed by atoms with Crippen molar-refractivity contribution in [3.63, 3.8) is 0 Å². The molecule has 0 fully saturated rings.